The molecule has 3 rings (SSSR count). The van der Waals surface area contributed by atoms with Gasteiger partial charge in [0.15, 0.2) is 12.4 Å². The van der Waals surface area contributed by atoms with E-state index in [2.05, 4.69) is 14.7 Å². The van der Waals surface area contributed by atoms with Crippen LogP contribution in [0.25, 0.3) is 11.4 Å². The summed E-state index contributed by atoms with van der Waals surface area (Å²) in [5, 5.41) is -0.719. The third-order valence-corrected chi connectivity index (χ3v) is 4.21. The molecule has 0 N–H and O–H groups in total. The van der Waals surface area contributed by atoms with E-state index < -0.39 is 35.4 Å². The van der Waals surface area contributed by atoms with E-state index >= 15 is 0 Å². The van der Waals surface area contributed by atoms with Crippen LogP contribution in [0, 0.1) is 0 Å². The lowest BCUT2D eigenvalue weighted by Crippen LogP contribution is -2.12. The van der Waals surface area contributed by atoms with Gasteiger partial charge in [-0.15, -0.1) is 0 Å². The summed E-state index contributed by atoms with van der Waals surface area (Å²) in [6.45, 7) is -0.491. The van der Waals surface area contributed by atoms with E-state index in [9.17, 15) is 26.7 Å². The van der Waals surface area contributed by atoms with E-state index in [1.54, 1.807) is 0 Å². The summed E-state index contributed by atoms with van der Waals surface area (Å²) < 4.78 is 73.3. The third kappa shape index (κ3) is 5.06. The fourth-order valence-electron chi connectivity index (χ4n) is 2.28. The van der Waals surface area contributed by atoms with Gasteiger partial charge in [-0.25, -0.2) is 0 Å². The molecule has 0 fully saturated rings. The zero-order valence-electron chi connectivity index (χ0n) is 14.5. The Kier molecular flexibility index (Phi) is 6.00. The number of hydrogen-bond acceptors (Lipinski definition) is 5. The van der Waals surface area contributed by atoms with Gasteiger partial charge in [0.2, 0.25) is 5.82 Å². The van der Waals surface area contributed by atoms with Crippen LogP contribution in [0.15, 0.2) is 47.0 Å². The lowest BCUT2D eigenvalue weighted by Gasteiger charge is -2.11. The topological polar surface area (TPSA) is 65.2 Å². The van der Waals surface area contributed by atoms with E-state index in [1.807, 2.05) is 0 Å². The molecule has 5 nitrogen and oxygen atoms in total. The molecule has 0 aliphatic carbocycles. The van der Waals surface area contributed by atoms with Crippen LogP contribution in [-0.4, -0.2) is 22.5 Å². The van der Waals surface area contributed by atoms with Gasteiger partial charge in [0.05, 0.1) is 10.6 Å². The molecule has 1 aromatic heterocycles. The van der Waals surface area contributed by atoms with E-state index in [0.29, 0.717) is 6.07 Å². The first-order valence-corrected chi connectivity index (χ1v) is 8.75. The zero-order chi connectivity index (χ0) is 22.1. The highest BCUT2D eigenvalue weighted by atomic mass is 35.5. The van der Waals surface area contributed by atoms with Crippen molar-refractivity contribution in [1.82, 2.24) is 10.1 Å². The Morgan fingerprint density at radius 1 is 1.07 bits per heavy atom. The van der Waals surface area contributed by atoms with Crippen molar-refractivity contribution in [2.45, 2.75) is 11.6 Å². The van der Waals surface area contributed by atoms with Gasteiger partial charge in [-0.3, -0.25) is 4.79 Å². The van der Waals surface area contributed by atoms with Gasteiger partial charge in [-0.1, -0.05) is 41.0 Å². The van der Waals surface area contributed by atoms with Crippen molar-refractivity contribution < 1.29 is 36.0 Å². The Labute approximate surface area is 175 Å². The molecular formula is C18H9Cl2F5N2O3. The van der Waals surface area contributed by atoms with E-state index in [4.69, 9.17) is 27.9 Å². The highest BCUT2D eigenvalue weighted by molar-refractivity contribution is 6.32. The number of nitrogens with zero attached hydrogens (tertiary/aromatic N) is 2. The molecule has 0 aliphatic rings. The monoisotopic (exact) mass is 466 g/mol. The molecule has 0 saturated carbocycles. The van der Waals surface area contributed by atoms with Crippen LogP contribution in [0.5, 0.6) is 5.75 Å². The molecule has 2 aromatic carbocycles. The Hall–Kier alpha value is -2.72. The number of aromatic nitrogens is 2. The van der Waals surface area contributed by atoms with Crippen molar-refractivity contribution in [1.29, 1.82) is 0 Å². The number of rotatable bonds is 6. The molecule has 3 aromatic rings. The molecule has 158 valence electrons. The Balaban J connectivity index is 1.66. The molecule has 0 aliphatic heterocycles. The predicted molar refractivity (Wildman–Crippen MR) is 95.8 cm³/mol. The molecular weight excluding hydrogens is 458 g/mol. The first kappa shape index (κ1) is 22.0. The van der Waals surface area contributed by atoms with E-state index in [-0.39, 0.29) is 27.7 Å². The Bertz CT molecular complexity index is 1060. The summed E-state index contributed by atoms with van der Waals surface area (Å²) in [7, 11) is 0. The van der Waals surface area contributed by atoms with Crippen LogP contribution in [0.1, 0.15) is 21.8 Å². The number of ketones is 1. The number of halogens is 7. The molecule has 30 heavy (non-hydrogen) atoms. The smallest absolute Gasteiger partial charge is 0.416 e. The SMILES string of the molecule is O=C(COc1ccc(C(F)(F)F)cc1Cl)c1ccc(-c2noc(C(F)(F)Cl)n2)cc1. The average Bonchev–Trinajstić information content (AvgIpc) is 3.17. The summed E-state index contributed by atoms with van der Waals surface area (Å²) in [6.07, 6.45) is -4.56. The summed E-state index contributed by atoms with van der Waals surface area (Å²) >= 11 is 10.6. The number of hydrogen-bond donors (Lipinski definition) is 0. The standard InChI is InChI=1S/C18H9Cl2F5N2O3/c19-12-7-11(18(23,24)25)5-6-14(12)29-8-13(28)9-1-3-10(4-2-9)15-26-16(30-27-15)17(20,21)22/h1-7H,8H2. The first-order valence-electron chi connectivity index (χ1n) is 7.99. The van der Waals surface area contributed by atoms with Crippen LogP contribution in [0.4, 0.5) is 22.0 Å². The molecule has 0 amide bonds. The van der Waals surface area contributed by atoms with Crippen molar-refractivity contribution in [3.8, 4) is 17.1 Å². The lowest BCUT2D eigenvalue weighted by atomic mass is 10.1. The number of Topliss-reactive ketones (excluding diaryl/α,β-unsaturated/α-hetero) is 1. The van der Waals surface area contributed by atoms with Gasteiger partial charge < -0.3 is 9.26 Å². The molecule has 12 heteroatoms. The third-order valence-electron chi connectivity index (χ3n) is 3.75. The molecule has 1 heterocycles. The second-order valence-electron chi connectivity index (χ2n) is 5.85. The lowest BCUT2D eigenvalue weighted by molar-refractivity contribution is -0.137. The minimum atomic E-state index is -4.56. The van der Waals surface area contributed by atoms with Gasteiger partial charge in [0, 0.05) is 11.1 Å². The molecule has 0 radical (unpaired) electrons. The summed E-state index contributed by atoms with van der Waals surface area (Å²) in [4.78, 5) is 15.7. The number of alkyl halides is 6. The molecule has 0 saturated heterocycles. The Morgan fingerprint density at radius 3 is 2.27 bits per heavy atom. The maximum atomic E-state index is 12.9. The average molecular weight is 467 g/mol. The molecule has 0 atom stereocenters. The van der Waals surface area contributed by atoms with Crippen LogP contribution >= 0.6 is 23.2 Å². The number of benzene rings is 2. The Morgan fingerprint density at radius 2 is 1.73 bits per heavy atom. The molecule has 0 unspecified atom stereocenters. The van der Waals surface area contributed by atoms with Gasteiger partial charge in [0.25, 0.3) is 0 Å². The van der Waals surface area contributed by atoms with Crippen LogP contribution in [0.2, 0.25) is 5.02 Å². The van der Waals surface area contributed by atoms with Gasteiger partial charge in [-0.05, 0) is 29.8 Å². The van der Waals surface area contributed by atoms with Crippen LogP contribution in [-0.2, 0) is 11.6 Å². The number of ether oxygens (including phenoxy) is 1. The van der Waals surface area contributed by atoms with Crippen molar-refractivity contribution >= 4 is 29.0 Å². The second kappa shape index (κ2) is 8.19. The molecule has 0 bridgehead atoms. The van der Waals surface area contributed by atoms with Crippen LogP contribution in [0.3, 0.4) is 0 Å². The van der Waals surface area contributed by atoms with Crippen LogP contribution < -0.4 is 4.74 Å². The summed E-state index contributed by atoms with van der Waals surface area (Å²) in [5.41, 5.74) is -0.472. The first-order chi connectivity index (χ1) is 13.9. The minimum absolute atomic E-state index is 0.0871. The predicted octanol–water partition coefficient (Wildman–Crippen LogP) is 5.96. The van der Waals surface area contributed by atoms with Gasteiger partial charge >= 0.3 is 17.4 Å². The zero-order valence-corrected chi connectivity index (χ0v) is 16.0. The number of carbonyl (C=O) groups is 1. The number of carbonyl (C=O) groups excluding carboxylic acids is 1. The van der Waals surface area contributed by atoms with E-state index in [0.717, 1.165) is 12.1 Å². The highest BCUT2D eigenvalue weighted by Crippen LogP contribution is 2.35. The van der Waals surface area contributed by atoms with Crippen molar-refractivity contribution in [2.75, 3.05) is 6.61 Å². The highest BCUT2D eigenvalue weighted by Gasteiger charge is 2.35. The van der Waals surface area contributed by atoms with Crippen molar-refractivity contribution in [2.24, 2.45) is 0 Å². The van der Waals surface area contributed by atoms with Crippen molar-refractivity contribution in [3.63, 3.8) is 0 Å². The van der Waals surface area contributed by atoms with Gasteiger partial charge in [0.1, 0.15) is 5.75 Å². The van der Waals surface area contributed by atoms with Gasteiger partial charge in [-0.2, -0.15) is 26.9 Å². The maximum absolute atomic E-state index is 12.9. The minimum Gasteiger partial charge on any atom is -0.484 e. The quantitative estimate of drug-likeness (QED) is 0.254. The fraction of sp³-hybridized carbons (Fsp3) is 0.167. The summed E-state index contributed by atoms with van der Waals surface area (Å²) in [5.74, 6) is -1.81. The maximum Gasteiger partial charge on any atom is 0.416 e. The fourth-order valence-corrected chi connectivity index (χ4v) is 2.59. The molecule has 0 spiro atoms. The normalized spacial score (nSPS) is 12.1. The summed E-state index contributed by atoms with van der Waals surface area (Å²) in [6, 6.07) is 8.00. The van der Waals surface area contributed by atoms with Crippen molar-refractivity contribution in [3.05, 3.63) is 64.5 Å². The second-order valence-corrected chi connectivity index (χ2v) is 6.73. The largest absolute Gasteiger partial charge is 0.484 e. The van der Waals surface area contributed by atoms with E-state index in [1.165, 1.54) is 24.3 Å².